The van der Waals surface area contributed by atoms with E-state index in [2.05, 4.69) is 5.32 Å². The van der Waals surface area contributed by atoms with Crippen LogP contribution in [0.4, 0.5) is 4.39 Å². The monoisotopic (exact) mass is 252 g/mol. The molecule has 0 aliphatic carbocycles. The fourth-order valence-electron chi connectivity index (χ4n) is 1.72. The molecule has 0 saturated heterocycles. The van der Waals surface area contributed by atoms with Gasteiger partial charge in [-0.1, -0.05) is 26.0 Å². The van der Waals surface area contributed by atoms with Crippen LogP contribution in [-0.2, 0) is 0 Å². The van der Waals surface area contributed by atoms with Gasteiger partial charge in [0.15, 0.2) is 0 Å². The van der Waals surface area contributed by atoms with Gasteiger partial charge in [0, 0.05) is 6.54 Å². The Bertz CT molecular complexity index is 430. The van der Waals surface area contributed by atoms with Crippen molar-refractivity contribution in [2.45, 2.75) is 27.2 Å². The van der Waals surface area contributed by atoms with Crippen molar-refractivity contribution < 1.29 is 9.18 Å². The number of halogens is 1. The molecule has 1 aromatic rings. The Morgan fingerprint density at radius 2 is 2.11 bits per heavy atom. The van der Waals surface area contributed by atoms with E-state index in [0.29, 0.717) is 18.7 Å². The lowest BCUT2D eigenvalue weighted by molar-refractivity contribution is 0.0931. The number of nitrogens with two attached hydrogens (primary N) is 1. The molecule has 0 aliphatic heterocycles. The standard InChI is InChI=1S/C14H21FN2O/c1-10-5-4-6-11(12(10)15)13(18)17-9-14(2,3)7-8-16/h4-6H,7-9,16H2,1-3H3,(H,17,18). The molecule has 0 aliphatic rings. The van der Waals surface area contributed by atoms with Crippen molar-refractivity contribution in [1.82, 2.24) is 5.32 Å². The fraction of sp³-hybridized carbons (Fsp3) is 0.500. The molecule has 0 fully saturated rings. The van der Waals surface area contributed by atoms with Crippen molar-refractivity contribution in [2.24, 2.45) is 11.1 Å². The molecular formula is C14H21FN2O. The molecule has 1 aromatic carbocycles. The summed E-state index contributed by atoms with van der Waals surface area (Å²) in [6.07, 6.45) is 0.809. The predicted molar refractivity (Wildman–Crippen MR) is 70.9 cm³/mol. The molecule has 3 N–H and O–H groups in total. The smallest absolute Gasteiger partial charge is 0.254 e. The van der Waals surface area contributed by atoms with Crippen LogP contribution >= 0.6 is 0 Å². The zero-order valence-corrected chi connectivity index (χ0v) is 11.2. The largest absolute Gasteiger partial charge is 0.351 e. The number of rotatable bonds is 5. The summed E-state index contributed by atoms with van der Waals surface area (Å²) >= 11 is 0. The number of carbonyl (C=O) groups is 1. The van der Waals surface area contributed by atoms with Crippen molar-refractivity contribution in [3.8, 4) is 0 Å². The first-order chi connectivity index (χ1) is 8.37. The van der Waals surface area contributed by atoms with Crippen LogP contribution in [0.2, 0.25) is 0 Å². The zero-order chi connectivity index (χ0) is 13.8. The van der Waals surface area contributed by atoms with Crippen molar-refractivity contribution >= 4 is 5.91 Å². The Kier molecular flexibility index (Phi) is 4.84. The lowest BCUT2D eigenvalue weighted by atomic mass is 9.89. The first-order valence-corrected chi connectivity index (χ1v) is 6.11. The second kappa shape index (κ2) is 5.96. The van der Waals surface area contributed by atoms with Gasteiger partial charge in [0.25, 0.3) is 5.91 Å². The van der Waals surface area contributed by atoms with Crippen molar-refractivity contribution in [3.05, 3.63) is 35.1 Å². The summed E-state index contributed by atoms with van der Waals surface area (Å²) in [5, 5.41) is 2.76. The van der Waals surface area contributed by atoms with E-state index >= 15 is 0 Å². The Morgan fingerprint density at radius 3 is 2.72 bits per heavy atom. The number of benzene rings is 1. The Morgan fingerprint density at radius 1 is 1.44 bits per heavy atom. The number of amides is 1. The molecule has 0 spiro atoms. The first-order valence-electron chi connectivity index (χ1n) is 6.11. The van der Waals surface area contributed by atoms with Crippen molar-refractivity contribution in [3.63, 3.8) is 0 Å². The molecule has 0 unspecified atom stereocenters. The van der Waals surface area contributed by atoms with Crippen molar-refractivity contribution in [1.29, 1.82) is 0 Å². The van der Waals surface area contributed by atoms with Crippen LogP contribution in [0.5, 0.6) is 0 Å². The van der Waals surface area contributed by atoms with E-state index in [9.17, 15) is 9.18 Å². The maximum atomic E-state index is 13.7. The Hall–Kier alpha value is -1.42. The van der Waals surface area contributed by atoms with E-state index < -0.39 is 5.82 Å². The normalized spacial score (nSPS) is 11.4. The van der Waals surface area contributed by atoms with Gasteiger partial charge >= 0.3 is 0 Å². The molecule has 0 aromatic heterocycles. The van der Waals surface area contributed by atoms with Gasteiger partial charge < -0.3 is 11.1 Å². The second-order valence-corrected chi connectivity index (χ2v) is 5.32. The molecule has 3 nitrogen and oxygen atoms in total. The number of aryl methyl sites for hydroxylation is 1. The van der Waals surface area contributed by atoms with Gasteiger partial charge in [-0.25, -0.2) is 4.39 Å². The molecule has 0 atom stereocenters. The maximum absolute atomic E-state index is 13.7. The van der Waals surface area contributed by atoms with Crippen LogP contribution in [0.3, 0.4) is 0 Å². The molecule has 1 rings (SSSR count). The van der Waals surface area contributed by atoms with E-state index in [0.717, 1.165) is 6.42 Å². The Labute approximate surface area is 108 Å². The highest BCUT2D eigenvalue weighted by Crippen LogP contribution is 2.18. The fourth-order valence-corrected chi connectivity index (χ4v) is 1.72. The average Bonchev–Trinajstić information content (AvgIpc) is 2.30. The highest BCUT2D eigenvalue weighted by molar-refractivity contribution is 5.94. The predicted octanol–water partition coefficient (Wildman–Crippen LogP) is 2.24. The summed E-state index contributed by atoms with van der Waals surface area (Å²) in [6.45, 7) is 6.74. The van der Waals surface area contributed by atoms with Gasteiger partial charge in [-0.3, -0.25) is 4.79 Å². The zero-order valence-electron chi connectivity index (χ0n) is 11.2. The van der Waals surface area contributed by atoms with Gasteiger partial charge in [-0.15, -0.1) is 0 Å². The lowest BCUT2D eigenvalue weighted by Crippen LogP contribution is -2.35. The van der Waals surface area contributed by atoms with Crippen LogP contribution in [0, 0.1) is 18.2 Å². The minimum Gasteiger partial charge on any atom is -0.351 e. The molecule has 0 bridgehead atoms. The molecule has 0 radical (unpaired) electrons. The third-order valence-corrected chi connectivity index (χ3v) is 2.99. The van der Waals surface area contributed by atoms with Crippen molar-refractivity contribution in [2.75, 3.05) is 13.1 Å². The SMILES string of the molecule is Cc1cccc(C(=O)NCC(C)(C)CCN)c1F. The van der Waals surface area contributed by atoms with Gasteiger partial charge in [-0.2, -0.15) is 0 Å². The van der Waals surface area contributed by atoms with Gasteiger partial charge in [0.05, 0.1) is 5.56 Å². The quantitative estimate of drug-likeness (QED) is 0.844. The minimum absolute atomic E-state index is 0.0787. The van der Waals surface area contributed by atoms with E-state index in [1.54, 1.807) is 19.1 Å². The summed E-state index contributed by atoms with van der Waals surface area (Å²) < 4.78 is 13.7. The highest BCUT2D eigenvalue weighted by Gasteiger charge is 2.19. The molecule has 4 heteroatoms. The highest BCUT2D eigenvalue weighted by atomic mass is 19.1. The summed E-state index contributed by atoms with van der Waals surface area (Å²) in [4.78, 5) is 11.9. The first kappa shape index (κ1) is 14.6. The molecule has 1 amide bonds. The summed E-state index contributed by atoms with van der Waals surface area (Å²) in [7, 11) is 0. The van der Waals surface area contributed by atoms with Crippen LogP contribution < -0.4 is 11.1 Å². The van der Waals surface area contributed by atoms with Crippen LogP contribution in [0.1, 0.15) is 36.2 Å². The number of nitrogens with one attached hydrogen (secondary N) is 1. The van der Waals surface area contributed by atoms with E-state index in [1.807, 2.05) is 13.8 Å². The van der Waals surface area contributed by atoms with E-state index in [4.69, 9.17) is 5.73 Å². The van der Waals surface area contributed by atoms with E-state index in [-0.39, 0.29) is 16.9 Å². The molecule has 18 heavy (non-hydrogen) atoms. The molecule has 0 heterocycles. The van der Waals surface area contributed by atoms with Crippen LogP contribution in [0.25, 0.3) is 0 Å². The van der Waals surface area contributed by atoms with Crippen LogP contribution in [0.15, 0.2) is 18.2 Å². The average molecular weight is 252 g/mol. The third kappa shape index (κ3) is 3.81. The molecule has 0 saturated carbocycles. The van der Waals surface area contributed by atoms with Gasteiger partial charge in [0.2, 0.25) is 0 Å². The minimum atomic E-state index is -0.452. The summed E-state index contributed by atoms with van der Waals surface area (Å²) in [5.41, 5.74) is 6.00. The van der Waals surface area contributed by atoms with E-state index in [1.165, 1.54) is 6.07 Å². The molecular weight excluding hydrogens is 231 g/mol. The maximum Gasteiger partial charge on any atom is 0.254 e. The molecule has 100 valence electrons. The number of carbonyl (C=O) groups excluding carboxylic acids is 1. The lowest BCUT2D eigenvalue weighted by Gasteiger charge is -2.24. The summed E-state index contributed by atoms with van der Waals surface area (Å²) in [6, 6.07) is 4.82. The third-order valence-electron chi connectivity index (χ3n) is 2.99. The van der Waals surface area contributed by atoms with Gasteiger partial charge in [-0.05, 0) is 36.9 Å². The topological polar surface area (TPSA) is 55.1 Å². The number of hydrogen-bond acceptors (Lipinski definition) is 2. The summed E-state index contributed by atoms with van der Waals surface area (Å²) in [5.74, 6) is -0.826. The van der Waals surface area contributed by atoms with Gasteiger partial charge in [0.1, 0.15) is 5.82 Å². The second-order valence-electron chi connectivity index (χ2n) is 5.32. The van der Waals surface area contributed by atoms with Crippen LogP contribution in [-0.4, -0.2) is 19.0 Å². The Balaban J connectivity index is 2.69. The number of hydrogen-bond donors (Lipinski definition) is 2.